The Morgan fingerprint density at radius 1 is 1.20 bits per heavy atom. The molecule has 0 bridgehead atoms. The highest BCUT2D eigenvalue weighted by molar-refractivity contribution is 7.89. The summed E-state index contributed by atoms with van der Waals surface area (Å²) in [7, 11) is -2.43. The average Bonchev–Trinajstić information content (AvgIpc) is 3.25. The first kappa shape index (κ1) is 24.5. The van der Waals surface area contributed by atoms with E-state index >= 15 is 0 Å². The number of carbonyl (C=O) groups excluding carboxylic acids is 2. The Labute approximate surface area is 209 Å². The topological polar surface area (TPSA) is 115 Å². The number of halogens is 1. The van der Waals surface area contributed by atoms with E-state index in [1.165, 1.54) is 4.31 Å². The number of methoxy groups -OCH3 is 1. The fourth-order valence-electron chi connectivity index (χ4n) is 5.61. The highest BCUT2D eigenvalue weighted by Crippen LogP contribution is 2.40. The quantitative estimate of drug-likeness (QED) is 0.623. The van der Waals surface area contributed by atoms with Gasteiger partial charge in [0.2, 0.25) is 11.8 Å². The van der Waals surface area contributed by atoms with E-state index in [1.54, 1.807) is 43.2 Å². The predicted molar refractivity (Wildman–Crippen MR) is 130 cm³/mol. The minimum Gasteiger partial charge on any atom is -0.381 e. The van der Waals surface area contributed by atoms with Crippen LogP contribution in [0.1, 0.15) is 19.8 Å². The second kappa shape index (κ2) is 8.74. The van der Waals surface area contributed by atoms with Crippen molar-refractivity contribution in [1.82, 2.24) is 24.4 Å². The van der Waals surface area contributed by atoms with Crippen LogP contribution in [0.4, 0.5) is 0 Å². The number of fused-ring (bicyclic) bond motifs is 2. The standard InChI is InChI=1S/C23H30ClN5O5S/c1-16(30)27-7-5-22(6-8-27)12-25-23(15-34-2)14-28(11-21(31)29(23)13-22)35(32,33)20-10-17-9-18(24)3-4-19(17)26-20/h3-4,9-10,25-26H,5-8,11-15H2,1-2H3. The van der Waals surface area contributed by atoms with Crippen LogP contribution >= 0.6 is 11.6 Å². The van der Waals surface area contributed by atoms with E-state index in [1.807, 2.05) is 4.90 Å². The Balaban J connectivity index is 1.41. The first-order valence-corrected chi connectivity index (χ1v) is 13.5. The molecule has 4 heterocycles. The van der Waals surface area contributed by atoms with Crippen LogP contribution in [0.25, 0.3) is 10.9 Å². The minimum absolute atomic E-state index is 0.0208. The Morgan fingerprint density at radius 3 is 2.63 bits per heavy atom. The number of piperidine rings is 1. The third-order valence-electron chi connectivity index (χ3n) is 7.68. The van der Waals surface area contributed by atoms with E-state index in [2.05, 4.69) is 10.3 Å². The molecule has 3 aliphatic heterocycles. The van der Waals surface area contributed by atoms with Crippen molar-refractivity contribution < 1.29 is 22.7 Å². The molecule has 5 rings (SSSR count). The van der Waals surface area contributed by atoms with Crippen LogP contribution in [0, 0.1) is 5.41 Å². The third-order valence-corrected chi connectivity index (χ3v) is 9.63. The summed E-state index contributed by atoms with van der Waals surface area (Å²) in [4.78, 5) is 31.8. The van der Waals surface area contributed by atoms with Gasteiger partial charge in [-0.25, -0.2) is 8.42 Å². The van der Waals surface area contributed by atoms with Gasteiger partial charge in [-0.15, -0.1) is 0 Å². The molecule has 0 saturated carbocycles. The molecule has 190 valence electrons. The Hall–Kier alpha value is -2.18. The van der Waals surface area contributed by atoms with E-state index in [9.17, 15) is 18.0 Å². The number of nitrogens with zero attached hydrogens (tertiary/aromatic N) is 3. The molecule has 1 spiro atoms. The number of aromatic amines is 1. The van der Waals surface area contributed by atoms with Crippen LogP contribution in [0.15, 0.2) is 29.3 Å². The van der Waals surface area contributed by atoms with Crippen LogP contribution in [0.5, 0.6) is 0 Å². The van der Waals surface area contributed by atoms with E-state index < -0.39 is 15.7 Å². The lowest BCUT2D eigenvalue weighted by Crippen LogP contribution is -2.79. The molecule has 1 unspecified atom stereocenters. The zero-order valence-electron chi connectivity index (χ0n) is 19.8. The van der Waals surface area contributed by atoms with Gasteiger partial charge >= 0.3 is 0 Å². The second-order valence-corrected chi connectivity index (χ2v) is 12.3. The Kier molecular flexibility index (Phi) is 6.12. The molecule has 1 aromatic heterocycles. The average molecular weight is 524 g/mol. The van der Waals surface area contributed by atoms with Gasteiger partial charge in [0.15, 0.2) is 0 Å². The molecular weight excluding hydrogens is 494 g/mol. The number of H-pyrrole nitrogens is 1. The maximum Gasteiger partial charge on any atom is 0.259 e. The molecule has 2 amide bonds. The maximum absolute atomic E-state index is 13.6. The molecule has 0 radical (unpaired) electrons. The zero-order valence-corrected chi connectivity index (χ0v) is 21.4. The molecule has 12 heteroatoms. The molecule has 35 heavy (non-hydrogen) atoms. The van der Waals surface area contributed by atoms with Gasteiger partial charge in [-0.1, -0.05) is 11.6 Å². The summed E-state index contributed by atoms with van der Waals surface area (Å²) < 4.78 is 33.9. The third kappa shape index (κ3) is 4.23. The molecule has 0 aliphatic carbocycles. The van der Waals surface area contributed by atoms with Crippen molar-refractivity contribution in [2.75, 3.05) is 53.0 Å². The molecule has 1 aromatic carbocycles. The molecule has 1 atom stereocenters. The van der Waals surface area contributed by atoms with Crippen LogP contribution in [-0.4, -0.2) is 98.0 Å². The molecule has 2 N–H and O–H groups in total. The van der Waals surface area contributed by atoms with E-state index in [0.717, 1.165) is 12.8 Å². The van der Waals surface area contributed by atoms with Crippen molar-refractivity contribution in [2.45, 2.75) is 30.5 Å². The molecular formula is C23H30ClN5O5S. The number of benzene rings is 1. The van der Waals surface area contributed by atoms with E-state index in [-0.39, 0.29) is 42.0 Å². The van der Waals surface area contributed by atoms with Crippen molar-refractivity contribution in [3.63, 3.8) is 0 Å². The van der Waals surface area contributed by atoms with Crippen LogP contribution in [0.2, 0.25) is 5.02 Å². The number of carbonyl (C=O) groups is 2. The summed E-state index contributed by atoms with van der Waals surface area (Å²) in [5.41, 5.74) is -0.467. The Bertz CT molecular complexity index is 1270. The van der Waals surface area contributed by atoms with Crippen molar-refractivity contribution in [3.8, 4) is 0 Å². The molecule has 3 aliphatic rings. The zero-order chi connectivity index (χ0) is 25.0. The van der Waals surface area contributed by atoms with Gasteiger partial charge in [0.05, 0.1) is 19.7 Å². The van der Waals surface area contributed by atoms with Crippen LogP contribution < -0.4 is 5.32 Å². The lowest BCUT2D eigenvalue weighted by molar-refractivity contribution is -0.165. The number of nitrogens with one attached hydrogen (secondary N) is 2. The summed E-state index contributed by atoms with van der Waals surface area (Å²) in [6.45, 7) is 3.98. The monoisotopic (exact) mass is 523 g/mol. The van der Waals surface area contributed by atoms with Gasteiger partial charge in [-0.3, -0.25) is 14.9 Å². The van der Waals surface area contributed by atoms with E-state index in [0.29, 0.717) is 42.1 Å². The summed E-state index contributed by atoms with van der Waals surface area (Å²) in [5.74, 6) is -0.205. The molecule has 3 fully saturated rings. The first-order chi connectivity index (χ1) is 16.6. The highest BCUT2D eigenvalue weighted by atomic mass is 35.5. The Morgan fingerprint density at radius 2 is 1.94 bits per heavy atom. The lowest BCUT2D eigenvalue weighted by Gasteiger charge is -2.58. The summed E-state index contributed by atoms with van der Waals surface area (Å²) in [5, 5.41) is 4.72. The second-order valence-electron chi connectivity index (χ2n) is 9.94. The molecule has 10 nitrogen and oxygen atoms in total. The largest absolute Gasteiger partial charge is 0.381 e. The van der Waals surface area contributed by atoms with Gasteiger partial charge in [0, 0.05) is 61.6 Å². The fourth-order valence-corrected chi connectivity index (χ4v) is 7.25. The highest BCUT2D eigenvalue weighted by Gasteiger charge is 2.55. The van der Waals surface area contributed by atoms with Crippen molar-refractivity contribution in [2.24, 2.45) is 5.41 Å². The van der Waals surface area contributed by atoms with Crippen molar-refractivity contribution in [1.29, 1.82) is 0 Å². The van der Waals surface area contributed by atoms with E-state index in [4.69, 9.17) is 16.3 Å². The van der Waals surface area contributed by atoms with Crippen LogP contribution in [-0.2, 0) is 24.3 Å². The summed E-state index contributed by atoms with van der Waals surface area (Å²) in [6.07, 6.45) is 1.57. The summed E-state index contributed by atoms with van der Waals surface area (Å²) >= 11 is 6.06. The fraction of sp³-hybridized carbons (Fsp3) is 0.565. The number of hydrogen-bond donors (Lipinski definition) is 2. The number of sulfonamides is 1. The normalized spacial score (nSPS) is 25.3. The minimum atomic E-state index is -3.98. The first-order valence-electron chi connectivity index (χ1n) is 11.7. The maximum atomic E-state index is 13.6. The predicted octanol–water partition coefficient (Wildman–Crippen LogP) is 1.23. The summed E-state index contributed by atoms with van der Waals surface area (Å²) in [6, 6.07) is 6.66. The number of amides is 2. The number of piperazine rings is 1. The van der Waals surface area contributed by atoms with Gasteiger partial charge in [-0.2, -0.15) is 4.31 Å². The number of likely N-dealkylation sites (tertiary alicyclic amines) is 1. The van der Waals surface area contributed by atoms with Gasteiger partial charge in [0.1, 0.15) is 10.7 Å². The van der Waals surface area contributed by atoms with Crippen molar-refractivity contribution in [3.05, 3.63) is 29.3 Å². The number of aromatic nitrogens is 1. The van der Waals surface area contributed by atoms with Crippen LogP contribution in [0.3, 0.4) is 0 Å². The SMILES string of the molecule is COCC12CN(S(=O)(=O)c3cc4cc(Cl)ccc4[nH]3)CC(=O)N1CC1(CCN(C(C)=O)CC1)CN2. The van der Waals surface area contributed by atoms with Gasteiger partial charge < -0.3 is 19.5 Å². The van der Waals surface area contributed by atoms with Crippen molar-refractivity contribution >= 4 is 44.3 Å². The molecule has 3 saturated heterocycles. The molecule has 2 aromatic rings. The number of hydrogen-bond acceptors (Lipinski definition) is 6. The van der Waals surface area contributed by atoms with Gasteiger partial charge in [-0.05, 0) is 37.1 Å². The van der Waals surface area contributed by atoms with Gasteiger partial charge in [0.25, 0.3) is 10.0 Å². The lowest BCUT2D eigenvalue weighted by atomic mass is 9.74. The smallest absolute Gasteiger partial charge is 0.259 e. The number of rotatable bonds is 4. The number of ether oxygens (including phenoxy) is 1.